The first-order valence-corrected chi connectivity index (χ1v) is 6.97. The Morgan fingerprint density at radius 2 is 2.15 bits per heavy atom. The largest absolute Gasteiger partial charge is 0.484 e. The molecule has 0 bridgehead atoms. The van der Waals surface area contributed by atoms with Crippen molar-refractivity contribution in [1.29, 1.82) is 0 Å². The summed E-state index contributed by atoms with van der Waals surface area (Å²) in [4.78, 5) is 0. The zero-order valence-corrected chi connectivity index (χ0v) is 12.7. The molecule has 5 nitrogen and oxygen atoms in total. The highest BCUT2D eigenvalue weighted by Gasteiger charge is 2.11. The summed E-state index contributed by atoms with van der Waals surface area (Å²) in [5, 5.41) is 12.0. The van der Waals surface area contributed by atoms with E-state index < -0.39 is 0 Å². The molecule has 108 valence electrons. The van der Waals surface area contributed by atoms with E-state index in [0.29, 0.717) is 17.4 Å². The molecular formula is C14H19ClN4O. The predicted molar refractivity (Wildman–Crippen MR) is 78.9 cm³/mol. The van der Waals surface area contributed by atoms with Gasteiger partial charge in [-0.25, -0.2) is 0 Å². The van der Waals surface area contributed by atoms with E-state index in [0.717, 1.165) is 30.3 Å². The fourth-order valence-electron chi connectivity index (χ4n) is 1.83. The minimum atomic E-state index is 0.347. The van der Waals surface area contributed by atoms with Crippen LogP contribution in [0.3, 0.4) is 0 Å². The van der Waals surface area contributed by atoms with Gasteiger partial charge in [-0.05, 0) is 19.5 Å². The molecule has 2 aromatic rings. The van der Waals surface area contributed by atoms with Crippen molar-refractivity contribution in [3.63, 3.8) is 0 Å². The molecular weight excluding hydrogens is 276 g/mol. The van der Waals surface area contributed by atoms with Gasteiger partial charge >= 0.3 is 0 Å². The maximum Gasteiger partial charge on any atom is 0.170 e. The average Bonchev–Trinajstić information content (AvgIpc) is 2.76. The van der Waals surface area contributed by atoms with E-state index in [9.17, 15) is 0 Å². The fourth-order valence-corrected chi connectivity index (χ4v) is 2.08. The third-order valence-electron chi connectivity index (χ3n) is 3.14. The Bertz CT molecular complexity index is 583. The van der Waals surface area contributed by atoms with Crippen molar-refractivity contribution in [2.75, 3.05) is 6.54 Å². The van der Waals surface area contributed by atoms with E-state index in [4.69, 9.17) is 16.3 Å². The summed E-state index contributed by atoms with van der Waals surface area (Å²) in [6.07, 6.45) is 0. The molecule has 1 aromatic carbocycles. The molecule has 0 saturated carbocycles. The lowest BCUT2D eigenvalue weighted by Gasteiger charge is -2.13. The maximum absolute atomic E-state index is 6.22. The Kier molecular flexibility index (Phi) is 4.98. The number of benzene rings is 1. The number of aromatic nitrogens is 3. The van der Waals surface area contributed by atoms with Gasteiger partial charge in [-0.1, -0.05) is 30.7 Å². The van der Waals surface area contributed by atoms with Crippen LogP contribution in [0, 0.1) is 6.92 Å². The van der Waals surface area contributed by atoms with E-state index in [-0.39, 0.29) is 0 Å². The zero-order chi connectivity index (χ0) is 14.5. The number of ether oxygens (including phenoxy) is 1. The standard InChI is InChI=1S/C14H19ClN4O/c1-4-16-8-11-6-5-7-12(15)14(11)20-9-13-18-17-10(2)19(13)3/h5-7,16H,4,8-9H2,1-3H3. The molecule has 1 N–H and O–H groups in total. The van der Waals surface area contributed by atoms with Crippen LogP contribution in [0.25, 0.3) is 0 Å². The van der Waals surface area contributed by atoms with Gasteiger partial charge in [0.2, 0.25) is 0 Å². The monoisotopic (exact) mass is 294 g/mol. The van der Waals surface area contributed by atoms with Gasteiger partial charge in [-0.3, -0.25) is 0 Å². The molecule has 6 heteroatoms. The lowest BCUT2D eigenvalue weighted by Crippen LogP contribution is -2.13. The second-order valence-corrected chi connectivity index (χ2v) is 4.93. The summed E-state index contributed by atoms with van der Waals surface area (Å²) in [5.41, 5.74) is 1.04. The summed E-state index contributed by atoms with van der Waals surface area (Å²) >= 11 is 6.22. The first kappa shape index (κ1) is 14.8. The van der Waals surface area contributed by atoms with Gasteiger partial charge in [0.25, 0.3) is 0 Å². The number of hydrogen-bond donors (Lipinski definition) is 1. The van der Waals surface area contributed by atoms with Crippen molar-refractivity contribution in [1.82, 2.24) is 20.1 Å². The topological polar surface area (TPSA) is 52.0 Å². The van der Waals surface area contributed by atoms with E-state index in [1.165, 1.54) is 0 Å². The van der Waals surface area contributed by atoms with E-state index in [2.05, 4.69) is 22.4 Å². The van der Waals surface area contributed by atoms with Crippen LogP contribution in [0.15, 0.2) is 18.2 Å². The number of nitrogens with zero attached hydrogens (tertiary/aromatic N) is 3. The SMILES string of the molecule is CCNCc1cccc(Cl)c1OCc1nnc(C)n1C. The molecule has 0 aliphatic carbocycles. The van der Waals surface area contributed by atoms with Gasteiger partial charge in [0.1, 0.15) is 18.2 Å². The Labute approximate surface area is 123 Å². The van der Waals surface area contributed by atoms with Crippen molar-refractivity contribution in [2.45, 2.75) is 27.0 Å². The van der Waals surface area contributed by atoms with Gasteiger partial charge in [0.15, 0.2) is 5.82 Å². The van der Waals surface area contributed by atoms with Crippen molar-refractivity contribution in [3.05, 3.63) is 40.4 Å². The minimum Gasteiger partial charge on any atom is -0.484 e. The molecule has 0 atom stereocenters. The fraction of sp³-hybridized carbons (Fsp3) is 0.429. The van der Waals surface area contributed by atoms with Crippen LogP contribution in [0.5, 0.6) is 5.75 Å². The molecule has 0 spiro atoms. The molecule has 0 fully saturated rings. The summed E-state index contributed by atoms with van der Waals surface area (Å²) in [5.74, 6) is 2.34. The van der Waals surface area contributed by atoms with E-state index in [1.54, 1.807) is 0 Å². The summed E-state index contributed by atoms with van der Waals surface area (Å²) < 4.78 is 7.75. The predicted octanol–water partition coefficient (Wildman–Crippen LogP) is 2.47. The summed E-state index contributed by atoms with van der Waals surface area (Å²) in [6.45, 7) is 5.94. The number of aryl methyl sites for hydroxylation is 1. The van der Waals surface area contributed by atoms with Crippen LogP contribution in [0.4, 0.5) is 0 Å². The highest BCUT2D eigenvalue weighted by Crippen LogP contribution is 2.29. The number of nitrogens with one attached hydrogen (secondary N) is 1. The highest BCUT2D eigenvalue weighted by molar-refractivity contribution is 6.32. The summed E-state index contributed by atoms with van der Waals surface area (Å²) in [6, 6.07) is 5.76. The molecule has 0 aliphatic heterocycles. The van der Waals surface area contributed by atoms with Crippen molar-refractivity contribution < 1.29 is 4.74 Å². The van der Waals surface area contributed by atoms with Gasteiger partial charge < -0.3 is 14.6 Å². The lowest BCUT2D eigenvalue weighted by atomic mass is 10.2. The molecule has 2 rings (SSSR count). The second-order valence-electron chi connectivity index (χ2n) is 4.52. The van der Waals surface area contributed by atoms with Crippen molar-refractivity contribution >= 4 is 11.6 Å². The van der Waals surface area contributed by atoms with Gasteiger partial charge in [-0.15, -0.1) is 10.2 Å². The molecule has 0 saturated heterocycles. The zero-order valence-electron chi connectivity index (χ0n) is 12.0. The van der Waals surface area contributed by atoms with Crippen molar-refractivity contribution in [2.24, 2.45) is 7.05 Å². The molecule has 0 radical (unpaired) electrons. The molecule has 20 heavy (non-hydrogen) atoms. The number of rotatable bonds is 6. The van der Waals surface area contributed by atoms with Gasteiger partial charge in [-0.2, -0.15) is 0 Å². The lowest BCUT2D eigenvalue weighted by molar-refractivity contribution is 0.287. The van der Waals surface area contributed by atoms with E-state index in [1.807, 2.05) is 36.7 Å². The first-order chi connectivity index (χ1) is 9.63. The Morgan fingerprint density at radius 1 is 1.35 bits per heavy atom. The number of para-hydroxylation sites is 1. The third-order valence-corrected chi connectivity index (χ3v) is 3.44. The van der Waals surface area contributed by atoms with Gasteiger partial charge in [0.05, 0.1) is 5.02 Å². The molecule has 1 aromatic heterocycles. The van der Waals surface area contributed by atoms with Crippen molar-refractivity contribution in [3.8, 4) is 5.75 Å². The maximum atomic E-state index is 6.22. The number of hydrogen-bond acceptors (Lipinski definition) is 4. The first-order valence-electron chi connectivity index (χ1n) is 6.59. The molecule has 1 heterocycles. The Hall–Kier alpha value is -1.59. The molecule has 0 aliphatic rings. The van der Waals surface area contributed by atoms with Crippen LogP contribution >= 0.6 is 11.6 Å². The minimum absolute atomic E-state index is 0.347. The van der Waals surface area contributed by atoms with Gasteiger partial charge in [0, 0.05) is 19.2 Å². The number of halogens is 1. The Balaban J connectivity index is 2.14. The molecule has 0 unspecified atom stereocenters. The Morgan fingerprint density at radius 3 is 2.80 bits per heavy atom. The smallest absolute Gasteiger partial charge is 0.170 e. The van der Waals surface area contributed by atoms with Crippen LogP contribution < -0.4 is 10.1 Å². The van der Waals surface area contributed by atoms with Crippen LogP contribution in [-0.2, 0) is 20.2 Å². The van der Waals surface area contributed by atoms with E-state index >= 15 is 0 Å². The van der Waals surface area contributed by atoms with Crippen LogP contribution in [-0.4, -0.2) is 21.3 Å². The quantitative estimate of drug-likeness (QED) is 0.889. The van der Waals surface area contributed by atoms with Crippen LogP contribution in [0.2, 0.25) is 5.02 Å². The molecule has 0 amide bonds. The van der Waals surface area contributed by atoms with Crippen LogP contribution in [0.1, 0.15) is 24.1 Å². The average molecular weight is 295 g/mol. The normalized spacial score (nSPS) is 10.8. The summed E-state index contributed by atoms with van der Waals surface area (Å²) in [7, 11) is 1.92. The second kappa shape index (κ2) is 6.72. The highest BCUT2D eigenvalue weighted by atomic mass is 35.5. The third kappa shape index (κ3) is 3.29.